The van der Waals surface area contributed by atoms with Crippen molar-refractivity contribution in [2.75, 3.05) is 19.7 Å². The van der Waals surface area contributed by atoms with Crippen molar-refractivity contribution >= 4 is 22.6 Å². The Labute approximate surface area is 103 Å². The third-order valence-corrected chi connectivity index (χ3v) is 3.30. The first-order chi connectivity index (χ1) is 7.36. The van der Waals surface area contributed by atoms with E-state index in [4.69, 9.17) is 4.74 Å². The van der Waals surface area contributed by atoms with Crippen molar-refractivity contribution in [3.63, 3.8) is 0 Å². The Morgan fingerprint density at radius 1 is 1.60 bits per heavy atom. The quantitative estimate of drug-likeness (QED) is 0.854. The van der Waals surface area contributed by atoms with Crippen LogP contribution < -0.4 is 10.1 Å². The highest BCUT2D eigenvalue weighted by atomic mass is 127. The molecule has 1 aromatic rings. The Kier molecular flexibility index (Phi) is 4.13. The third kappa shape index (κ3) is 3.27. The van der Waals surface area contributed by atoms with Crippen molar-refractivity contribution in [1.29, 1.82) is 0 Å². The van der Waals surface area contributed by atoms with Gasteiger partial charge in [-0.15, -0.1) is 0 Å². The average molecular weight is 319 g/mol. The first kappa shape index (κ1) is 11.1. The van der Waals surface area contributed by atoms with Gasteiger partial charge in [0.25, 0.3) is 0 Å². The summed E-state index contributed by atoms with van der Waals surface area (Å²) in [6, 6.07) is 0. The van der Waals surface area contributed by atoms with Gasteiger partial charge < -0.3 is 10.1 Å². The lowest BCUT2D eigenvalue weighted by Gasteiger charge is -2.09. The third-order valence-electron chi connectivity index (χ3n) is 2.56. The molecule has 0 spiro atoms. The maximum absolute atomic E-state index is 5.61. The first-order valence-corrected chi connectivity index (χ1v) is 6.23. The van der Waals surface area contributed by atoms with Gasteiger partial charge >= 0.3 is 0 Å². The number of hydrogen-bond donors (Lipinski definition) is 1. The van der Waals surface area contributed by atoms with E-state index in [1.807, 2.05) is 0 Å². The Bertz CT molecular complexity index is 315. The second kappa shape index (κ2) is 5.60. The Morgan fingerprint density at radius 2 is 2.53 bits per heavy atom. The molecule has 0 saturated carbocycles. The van der Waals surface area contributed by atoms with E-state index >= 15 is 0 Å². The van der Waals surface area contributed by atoms with Crippen LogP contribution in [0.2, 0.25) is 0 Å². The molecule has 2 heterocycles. The highest BCUT2D eigenvalue weighted by Crippen LogP contribution is 2.17. The van der Waals surface area contributed by atoms with E-state index in [1.54, 1.807) is 6.20 Å². The minimum atomic E-state index is 0.705. The number of rotatable bonds is 4. The lowest BCUT2D eigenvalue weighted by molar-refractivity contribution is 0.271. The molecule has 4 nitrogen and oxygen atoms in total. The SMILES string of the molecule is Ic1cncnc1OCCC1CCNC1. The largest absolute Gasteiger partial charge is 0.477 e. The number of nitrogens with one attached hydrogen (secondary N) is 1. The Morgan fingerprint density at radius 3 is 3.27 bits per heavy atom. The van der Waals surface area contributed by atoms with E-state index in [9.17, 15) is 0 Å². The van der Waals surface area contributed by atoms with Crippen LogP contribution in [-0.4, -0.2) is 29.7 Å². The summed E-state index contributed by atoms with van der Waals surface area (Å²) < 4.78 is 6.58. The summed E-state index contributed by atoms with van der Waals surface area (Å²) in [5.74, 6) is 1.47. The molecule has 1 aromatic heterocycles. The van der Waals surface area contributed by atoms with Crippen molar-refractivity contribution in [3.8, 4) is 5.88 Å². The van der Waals surface area contributed by atoms with Crippen LogP contribution in [0.4, 0.5) is 0 Å². The molecule has 82 valence electrons. The van der Waals surface area contributed by atoms with Gasteiger partial charge in [0, 0.05) is 6.20 Å². The highest BCUT2D eigenvalue weighted by molar-refractivity contribution is 14.1. The maximum Gasteiger partial charge on any atom is 0.230 e. The second-order valence-electron chi connectivity index (χ2n) is 3.67. The minimum absolute atomic E-state index is 0.705. The van der Waals surface area contributed by atoms with Crippen LogP contribution in [0.25, 0.3) is 0 Å². The summed E-state index contributed by atoms with van der Waals surface area (Å²) in [6.07, 6.45) is 5.66. The molecule has 0 radical (unpaired) electrons. The number of ether oxygens (including phenoxy) is 1. The molecule has 1 saturated heterocycles. The Hall–Kier alpha value is -0.430. The van der Waals surface area contributed by atoms with Crippen LogP contribution >= 0.6 is 22.6 Å². The fourth-order valence-corrected chi connectivity index (χ4v) is 2.15. The van der Waals surface area contributed by atoms with Crippen molar-refractivity contribution in [1.82, 2.24) is 15.3 Å². The molecule has 0 aliphatic carbocycles. The first-order valence-electron chi connectivity index (χ1n) is 5.15. The van der Waals surface area contributed by atoms with E-state index in [1.165, 1.54) is 12.7 Å². The molecule has 5 heteroatoms. The van der Waals surface area contributed by atoms with E-state index in [0.717, 1.165) is 35.6 Å². The van der Waals surface area contributed by atoms with Crippen LogP contribution in [0.5, 0.6) is 5.88 Å². The number of nitrogens with zero attached hydrogens (tertiary/aromatic N) is 2. The molecule has 0 aromatic carbocycles. The number of hydrogen-bond acceptors (Lipinski definition) is 4. The zero-order chi connectivity index (χ0) is 10.5. The molecule has 1 atom stereocenters. The Balaban J connectivity index is 1.75. The summed E-state index contributed by atoms with van der Waals surface area (Å²) in [5, 5.41) is 3.35. The van der Waals surface area contributed by atoms with Crippen molar-refractivity contribution in [2.24, 2.45) is 5.92 Å². The monoisotopic (exact) mass is 319 g/mol. The minimum Gasteiger partial charge on any atom is -0.477 e. The molecule has 1 N–H and O–H groups in total. The zero-order valence-electron chi connectivity index (χ0n) is 8.45. The van der Waals surface area contributed by atoms with Gasteiger partial charge in [0.2, 0.25) is 5.88 Å². The number of halogens is 1. The van der Waals surface area contributed by atoms with Gasteiger partial charge in [-0.1, -0.05) is 0 Å². The van der Waals surface area contributed by atoms with Gasteiger partial charge in [0.05, 0.1) is 10.2 Å². The van der Waals surface area contributed by atoms with E-state index in [-0.39, 0.29) is 0 Å². The molecule has 1 fully saturated rings. The van der Waals surface area contributed by atoms with Crippen LogP contribution in [0.1, 0.15) is 12.8 Å². The van der Waals surface area contributed by atoms with Gasteiger partial charge in [-0.05, 0) is 54.4 Å². The van der Waals surface area contributed by atoms with Crippen LogP contribution in [-0.2, 0) is 0 Å². The predicted octanol–water partition coefficient (Wildman–Crippen LogP) is 1.46. The fraction of sp³-hybridized carbons (Fsp3) is 0.600. The van der Waals surface area contributed by atoms with Gasteiger partial charge in [0.1, 0.15) is 6.33 Å². The lowest BCUT2D eigenvalue weighted by atomic mass is 10.1. The number of aromatic nitrogens is 2. The predicted molar refractivity (Wildman–Crippen MR) is 65.8 cm³/mol. The molecule has 2 rings (SSSR count). The lowest BCUT2D eigenvalue weighted by Crippen LogP contribution is -2.12. The molecule has 15 heavy (non-hydrogen) atoms. The van der Waals surface area contributed by atoms with Gasteiger partial charge in [-0.3, -0.25) is 0 Å². The second-order valence-corrected chi connectivity index (χ2v) is 4.83. The molecule has 1 unspecified atom stereocenters. The average Bonchev–Trinajstić information content (AvgIpc) is 2.74. The highest BCUT2D eigenvalue weighted by Gasteiger charge is 2.14. The van der Waals surface area contributed by atoms with E-state index in [2.05, 4.69) is 37.9 Å². The summed E-state index contributed by atoms with van der Waals surface area (Å²) >= 11 is 2.19. The summed E-state index contributed by atoms with van der Waals surface area (Å²) in [7, 11) is 0. The van der Waals surface area contributed by atoms with Crippen molar-refractivity contribution in [3.05, 3.63) is 16.1 Å². The fourth-order valence-electron chi connectivity index (χ4n) is 1.69. The van der Waals surface area contributed by atoms with Gasteiger partial charge in [-0.25, -0.2) is 9.97 Å². The normalized spacial score (nSPS) is 20.5. The molecule has 1 aliphatic heterocycles. The van der Waals surface area contributed by atoms with Gasteiger partial charge in [-0.2, -0.15) is 0 Å². The van der Waals surface area contributed by atoms with Gasteiger partial charge in [0.15, 0.2) is 0 Å². The van der Waals surface area contributed by atoms with Crippen molar-refractivity contribution in [2.45, 2.75) is 12.8 Å². The van der Waals surface area contributed by atoms with Crippen LogP contribution in [0, 0.1) is 9.49 Å². The molecule has 1 aliphatic rings. The van der Waals surface area contributed by atoms with Crippen LogP contribution in [0.15, 0.2) is 12.5 Å². The van der Waals surface area contributed by atoms with E-state index in [0.29, 0.717) is 5.88 Å². The molecular formula is C10H14IN3O. The van der Waals surface area contributed by atoms with E-state index < -0.39 is 0 Å². The van der Waals surface area contributed by atoms with Crippen LogP contribution in [0.3, 0.4) is 0 Å². The molecular weight excluding hydrogens is 305 g/mol. The molecule has 0 bridgehead atoms. The smallest absolute Gasteiger partial charge is 0.230 e. The standard InChI is InChI=1S/C10H14IN3O/c11-9-6-13-7-14-10(9)15-4-2-8-1-3-12-5-8/h6-8,12H,1-5H2. The summed E-state index contributed by atoms with van der Waals surface area (Å²) in [4.78, 5) is 8.01. The topological polar surface area (TPSA) is 47.0 Å². The maximum atomic E-state index is 5.61. The summed E-state index contributed by atoms with van der Waals surface area (Å²) in [5.41, 5.74) is 0. The summed E-state index contributed by atoms with van der Waals surface area (Å²) in [6.45, 7) is 3.03. The molecule has 0 amide bonds. The zero-order valence-corrected chi connectivity index (χ0v) is 10.6. The van der Waals surface area contributed by atoms with Crippen molar-refractivity contribution < 1.29 is 4.74 Å².